The monoisotopic (exact) mass is 474 g/mol. The summed E-state index contributed by atoms with van der Waals surface area (Å²) in [5.74, 6) is 0.358. The number of methoxy groups -OCH3 is 2. The van der Waals surface area contributed by atoms with Crippen LogP contribution in [0.4, 0.5) is 0 Å². The number of esters is 1. The smallest absolute Gasteiger partial charge is 0.343 e. The second kappa shape index (κ2) is 10.4. The van der Waals surface area contributed by atoms with Gasteiger partial charge in [0.1, 0.15) is 0 Å². The summed E-state index contributed by atoms with van der Waals surface area (Å²) in [6.07, 6.45) is 1.61. The van der Waals surface area contributed by atoms with Gasteiger partial charge in [0, 0.05) is 15.6 Å². The molecule has 27 heavy (non-hydrogen) atoms. The molecule has 0 aliphatic carbocycles. The van der Waals surface area contributed by atoms with Crippen LogP contribution >= 0.6 is 39.1 Å². The van der Waals surface area contributed by atoms with Crippen LogP contribution in [0, 0.1) is 0 Å². The summed E-state index contributed by atoms with van der Waals surface area (Å²) in [5, 5.41) is 5.31. The molecule has 0 saturated heterocycles. The molecule has 0 heterocycles. The highest BCUT2D eigenvalue weighted by atomic mass is 79.9. The molecule has 2 rings (SSSR count). The first-order valence-electron chi connectivity index (χ1n) is 7.72. The molecule has 1 N–H and O–H groups in total. The number of carbonyl (C=O) groups is 1. The SMILES string of the molecule is COC(=O)COc1c(Br)cc(/C=N/NCc2c(Cl)cccc2Cl)cc1OC. The minimum atomic E-state index is -0.489. The molecular formula is C18H17BrCl2N2O4. The van der Waals surface area contributed by atoms with E-state index in [-0.39, 0.29) is 6.61 Å². The molecule has 0 aliphatic rings. The van der Waals surface area contributed by atoms with Crippen molar-refractivity contribution in [2.24, 2.45) is 5.10 Å². The van der Waals surface area contributed by atoms with E-state index in [1.54, 1.807) is 36.5 Å². The van der Waals surface area contributed by atoms with Crippen LogP contribution in [0.3, 0.4) is 0 Å². The Morgan fingerprint density at radius 1 is 1.26 bits per heavy atom. The number of hydrogen-bond donors (Lipinski definition) is 1. The van der Waals surface area contributed by atoms with Crippen molar-refractivity contribution in [1.29, 1.82) is 0 Å². The Kier molecular flexibility index (Phi) is 8.22. The summed E-state index contributed by atoms with van der Waals surface area (Å²) in [6.45, 7) is 0.159. The lowest BCUT2D eigenvalue weighted by atomic mass is 10.2. The average Bonchev–Trinajstić information content (AvgIpc) is 2.65. The quantitative estimate of drug-likeness (QED) is 0.347. The molecule has 0 fully saturated rings. The van der Waals surface area contributed by atoms with Crippen LogP contribution in [-0.4, -0.2) is 33.0 Å². The van der Waals surface area contributed by atoms with Gasteiger partial charge >= 0.3 is 5.97 Å². The molecule has 0 aromatic heterocycles. The number of rotatable bonds is 8. The summed E-state index contributed by atoms with van der Waals surface area (Å²) in [6, 6.07) is 8.82. The molecule has 0 aliphatic heterocycles. The number of carbonyl (C=O) groups excluding carboxylic acids is 1. The van der Waals surface area contributed by atoms with E-state index in [0.29, 0.717) is 32.6 Å². The van der Waals surface area contributed by atoms with Crippen molar-refractivity contribution in [3.05, 3.63) is 56.0 Å². The van der Waals surface area contributed by atoms with Gasteiger partial charge in [-0.2, -0.15) is 5.10 Å². The minimum Gasteiger partial charge on any atom is -0.493 e. The molecule has 0 spiro atoms. The number of hydrogen-bond acceptors (Lipinski definition) is 6. The standard InChI is InChI=1S/C18H17BrCl2N2O4/c1-25-16-7-11(6-13(19)18(16)27-10-17(24)26-2)8-22-23-9-12-14(20)4-3-5-15(12)21/h3-8,23H,9-10H2,1-2H3/b22-8+. The largest absolute Gasteiger partial charge is 0.493 e. The Morgan fingerprint density at radius 2 is 1.96 bits per heavy atom. The number of hydrazone groups is 1. The fourth-order valence-corrected chi connectivity index (χ4v) is 3.20. The van der Waals surface area contributed by atoms with E-state index in [1.807, 2.05) is 0 Å². The van der Waals surface area contributed by atoms with Crippen molar-refractivity contribution in [3.8, 4) is 11.5 Å². The molecule has 0 amide bonds. The zero-order valence-corrected chi connectivity index (χ0v) is 17.7. The van der Waals surface area contributed by atoms with Crippen LogP contribution in [0.1, 0.15) is 11.1 Å². The highest BCUT2D eigenvalue weighted by Crippen LogP contribution is 2.36. The van der Waals surface area contributed by atoms with Crippen LogP contribution in [0.5, 0.6) is 11.5 Å². The lowest BCUT2D eigenvalue weighted by Crippen LogP contribution is -2.13. The Morgan fingerprint density at radius 3 is 2.59 bits per heavy atom. The zero-order chi connectivity index (χ0) is 19.8. The van der Waals surface area contributed by atoms with Crippen molar-refractivity contribution in [2.45, 2.75) is 6.54 Å². The highest BCUT2D eigenvalue weighted by molar-refractivity contribution is 9.10. The minimum absolute atomic E-state index is 0.223. The second-order valence-electron chi connectivity index (χ2n) is 5.19. The van der Waals surface area contributed by atoms with Crippen LogP contribution in [0.15, 0.2) is 39.9 Å². The molecule has 9 heteroatoms. The molecule has 0 atom stereocenters. The van der Waals surface area contributed by atoms with E-state index in [4.69, 9.17) is 32.7 Å². The van der Waals surface area contributed by atoms with Crippen molar-refractivity contribution >= 4 is 51.3 Å². The highest BCUT2D eigenvalue weighted by Gasteiger charge is 2.13. The maximum absolute atomic E-state index is 11.3. The van der Waals surface area contributed by atoms with Crippen LogP contribution < -0.4 is 14.9 Å². The Balaban J connectivity index is 2.07. The normalized spacial score (nSPS) is 10.7. The predicted octanol–water partition coefficient (Wildman–Crippen LogP) is 4.44. The van der Waals surface area contributed by atoms with E-state index in [1.165, 1.54) is 14.2 Å². The first-order valence-corrected chi connectivity index (χ1v) is 9.27. The molecule has 0 radical (unpaired) electrons. The van der Waals surface area contributed by atoms with Gasteiger partial charge in [-0.15, -0.1) is 0 Å². The van der Waals surface area contributed by atoms with Gasteiger partial charge in [0.05, 0.1) is 31.5 Å². The van der Waals surface area contributed by atoms with Gasteiger partial charge in [-0.3, -0.25) is 0 Å². The maximum atomic E-state index is 11.3. The third-order valence-corrected chi connectivity index (χ3v) is 4.73. The van der Waals surface area contributed by atoms with Crippen molar-refractivity contribution in [1.82, 2.24) is 5.43 Å². The van der Waals surface area contributed by atoms with Gasteiger partial charge < -0.3 is 19.6 Å². The van der Waals surface area contributed by atoms with E-state index in [0.717, 1.165) is 11.1 Å². The van der Waals surface area contributed by atoms with Gasteiger partial charge in [-0.05, 0) is 45.8 Å². The lowest BCUT2D eigenvalue weighted by molar-refractivity contribution is -0.142. The number of halogens is 3. The second-order valence-corrected chi connectivity index (χ2v) is 6.86. The average molecular weight is 476 g/mol. The van der Waals surface area contributed by atoms with Crippen LogP contribution in [0.25, 0.3) is 0 Å². The number of benzene rings is 2. The van der Waals surface area contributed by atoms with Crippen LogP contribution in [-0.2, 0) is 16.1 Å². The fraction of sp³-hybridized carbons (Fsp3) is 0.222. The molecule has 0 unspecified atom stereocenters. The Bertz CT molecular complexity index is 826. The third kappa shape index (κ3) is 6.02. The fourth-order valence-electron chi connectivity index (χ4n) is 2.09. The summed E-state index contributed by atoms with van der Waals surface area (Å²) in [5.41, 5.74) is 4.42. The first-order chi connectivity index (χ1) is 13.0. The van der Waals surface area contributed by atoms with Crippen molar-refractivity contribution < 1.29 is 19.0 Å². The van der Waals surface area contributed by atoms with Gasteiger partial charge in [0.25, 0.3) is 0 Å². The Labute approximate surface area is 175 Å². The van der Waals surface area contributed by atoms with Gasteiger partial charge in [0.15, 0.2) is 18.1 Å². The van der Waals surface area contributed by atoms with Crippen molar-refractivity contribution in [2.75, 3.05) is 20.8 Å². The van der Waals surface area contributed by atoms with Gasteiger partial charge in [-0.1, -0.05) is 29.3 Å². The topological polar surface area (TPSA) is 69.2 Å². The summed E-state index contributed by atoms with van der Waals surface area (Å²) in [7, 11) is 2.80. The van der Waals surface area contributed by atoms with E-state index < -0.39 is 5.97 Å². The molecule has 2 aromatic carbocycles. The summed E-state index contributed by atoms with van der Waals surface area (Å²) >= 11 is 15.6. The molecule has 6 nitrogen and oxygen atoms in total. The number of nitrogens with zero attached hydrogens (tertiary/aromatic N) is 1. The van der Waals surface area contributed by atoms with E-state index >= 15 is 0 Å². The van der Waals surface area contributed by atoms with Gasteiger partial charge in [0.2, 0.25) is 0 Å². The molecule has 0 bridgehead atoms. The van der Waals surface area contributed by atoms with Crippen LogP contribution in [0.2, 0.25) is 10.0 Å². The maximum Gasteiger partial charge on any atom is 0.343 e. The zero-order valence-electron chi connectivity index (χ0n) is 14.6. The molecular weight excluding hydrogens is 459 g/mol. The number of nitrogens with one attached hydrogen (secondary N) is 1. The van der Waals surface area contributed by atoms with E-state index in [2.05, 4.69) is 31.2 Å². The number of ether oxygens (including phenoxy) is 3. The van der Waals surface area contributed by atoms with Gasteiger partial charge in [-0.25, -0.2) is 4.79 Å². The summed E-state index contributed by atoms with van der Waals surface area (Å²) in [4.78, 5) is 11.3. The van der Waals surface area contributed by atoms with Crippen molar-refractivity contribution in [3.63, 3.8) is 0 Å². The first kappa shape index (κ1) is 21.3. The molecule has 0 saturated carbocycles. The third-order valence-electron chi connectivity index (χ3n) is 3.44. The lowest BCUT2D eigenvalue weighted by Gasteiger charge is -2.12. The molecule has 2 aromatic rings. The Hall–Kier alpha value is -1.96. The van der Waals surface area contributed by atoms with E-state index in [9.17, 15) is 4.79 Å². The molecule has 144 valence electrons. The summed E-state index contributed by atoms with van der Waals surface area (Å²) < 4.78 is 15.9. The predicted molar refractivity (Wildman–Crippen MR) is 109 cm³/mol.